The smallest absolute Gasteiger partial charge is 0.325 e. The first kappa shape index (κ1) is 10.6. The second kappa shape index (κ2) is 3.49. The molecule has 6 heteroatoms. The minimum Gasteiger partial charge on any atom is -0.325 e. The molecule has 0 aromatic heterocycles. The first-order valence-electron chi connectivity index (χ1n) is 5.44. The maximum atomic E-state index is 11.7. The zero-order chi connectivity index (χ0) is 12.9. The number of para-hydroxylation sites is 1. The predicted octanol–water partition coefficient (Wildman–Crippen LogP) is 0.430. The third kappa shape index (κ3) is 1.35. The fourth-order valence-corrected chi connectivity index (χ4v) is 2.17. The molecule has 0 radical (unpaired) electrons. The molecule has 1 N–H and O–H groups in total. The maximum absolute atomic E-state index is 11.7. The minimum atomic E-state index is -0.655. The number of aromatic amines is 1. The van der Waals surface area contributed by atoms with E-state index in [0.29, 0.717) is 11.3 Å². The molecule has 0 atom stereocenters. The highest BCUT2D eigenvalue weighted by Gasteiger charge is 2.16. The Bertz CT molecular complexity index is 847. The number of fused-ring (bicyclic) bond motifs is 2. The van der Waals surface area contributed by atoms with Gasteiger partial charge < -0.3 is 4.57 Å². The van der Waals surface area contributed by atoms with Crippen molar-refractivity contribution < 1.29 is 0 Å². The zero-order valence-electron chi connectivity index (χ0n) is 9.89. The van der Waals surface area contributed by atoms with Gasteiger partial charge in [-0.2, -0.15) is 4.98 Å². The molecule has 0 saturated carbocycles. The average molecular weight is 242 g/mol. The first-order valence-corrected chi connectivity index (χ1v) is 5.44. The minimum absolute atomic E-state index is 0.176. The molecule has 3 rings (SSSR count). The van der Waals surface area contributed by atoms with Crippen molar-refractivity contribution in [1.29, 1.82) is 0 Å². The standard InChI is InChI=1S/C12H10N4O2/c1-6-4-3-5-7-9(6)16(2)10-8(13-7)11(17)15-12(18)14-10/h3-5H,1-2H3,(H,15,17,18). The number of hydrogen-bond donors (Lipinski definition) is 1. The lowest BCUT2D eigenvalue weighted by molar-refractivity contribution is 0.868. The summed E-state index contributed by atoms with van der Waals surface area (Å²) in [6.45, 7) is 1.95. The normalized spacial score (nSPS) is 11.2. The highest BCUT2D eigenvalue weighted by molar-refractivity contribution is 5.82. The quantitative estimate of drug-likeness (QED) is 0.580. The molecule has 2 aliphatic heterocycles. The van der Waals surface area contributed by atoms with Crippen LogP contribution in [0, 0.1) is 6.92 Å². The van der Waals surface area contributed by atoms with Crippen molar-refractivity contribution in [3.8, 4) is 11.5 Å². The number of hydrogen-bond acceptors (Lipinski definition) is 4. The average Bonchev–Trinajstić information content (AvgIpc) is 2.31. The van der Waals surface area contributed by atoms with Crippen molar-refractivity contribution in [2.45, 2.75) is 6.92 Å². The van der Waals surface area contributed by atoms with Crippen molar-refractivity contribution in [1.82, 2.24) is 19.5 Å². The summed E-state index contributed by atoms with van der Waals surface area (Å²) in [6.07, 6.45) is 0. The number of rotatable bonds is 0. The molecule has 0 unspecified atom stereocenters. The zero-order valence-corrected chi connectivity index (χ0v) is 9.89. The second-order valence-corrected chi connectivity index (χ2v) is 4.16. The second-order valence-electron chi connectivity index (χ2n) is 4.16. The molecule has 0 spiro atoms. The summed E-state index contributed by atoms with van der Waals surface area (Å²) in [6, 6.07) is 5.65. The van der Waals surface area contributed by atoms with Gasteiger partial charge in [0.15, 0.2) is 11.5 Å². The summed E-state index contributed by atoms with van der Waals surface area (Å²) in [4.78, 5) is 33.2. The molecule has 2 aliphatic rings. The van der Waals surface area contributed by atoms with Gasteiger partial charge in [0, 0.05) is 7.05 Å². The Morgan fingerprint density at radius 1 is 1.22 bits per heavy atom. The van der Waals surface area contributed by atoms with E-state index in [-0.39, 0.29) is 5.69 Å². The number of H-pyrrole nitrogens is 1. The first-order chi connectivity index (χ1) is 8.58. The van der Waals surface area contributed by atoms with E-state index in [1.165, 1.54) is 0 Å². The summed E-state index contributed by atoms with van der Waals surface area (Å²) in [7, 11) is 1.77. The number of aryl methyl sites for hydroxylation is 2. The van der Waals surface area contributed by atoms with Gasteiger partial charge in [0.25, 0.3) is 5.56 Å². The summed E-state index contributed by atoms with van der Waals surface area (Å²) >= 11 is 0. The van der Waals surface area contributed by atoms with Gasteiger partial charge in [0.1, 0.15) is 0 Å². The highest BCUT2D eigenvalue weighted by Crippen LogP contribution is 2.21. The van der Waals surface area contributed by atoms with Crippen LogP contribution in [-0.4, -0.2) is 19.5 Å². The SMILES string of the molecule is Cc1cccc2nc3c(=O)[nH]c(=O)nc-3n(C)c12. The molecular weight excluding hydrogens is 232 g/mol. The third-order valence-corrected chi connectivity index (χ3v) is 2.96. The van der Waals surface area contributed by atoms with Gasteiger partial charge in [0.2, 0.25) is 0 Å². The number of aromatic nitrogens is 4. The lowest BCUT2D eigenvalue weighted by atomic mass is 10.2. The molecule has 1 aromatic rings. The molecule has 2 heterocycles. The summed E-state index contributed by atoms with van der Waals surface area (Å²) in [5, 5.41) is 0. The molecule has 0 bridgehead atoms. The number of nitrogens with zero attached hydrogens (tertiary/aromatic N) is 3. The van der Waals surface area contributed by atoms with Crippen LogP contribution in [0.3, 0.4) is 0 Å². The Kier molecular flexibility index (Phi) is 2.07. The predicted molar refractivity (Wildman–Crippen MR) is 66.8 cm³/mol. The summed E-state index contributed by atoms with van der Waals surface area (Å²) in [5.41, 5.74) is 1.59. The van der Waals surface area contributed by atoms with Gasteiger partial charge in [-0.1, -0.05) is 12.1 Å². The topological polar surface area (TPSA) is 80.6 Å². The Labute approximate surface area is 101 Å². The molecule has 0 saturated heterocycles. The molecule has 0 amide bonds. The van der Waals surface area contributed by atoms with Crippen LogP contribution in [0.25, 0.3) is 22.6 Å². The molecule has 6 nitrogen and oxygen atoms in total. The largest absolute Gasteiger partial charge is 0.349 e. The Morgan fingerprint density at radius 2 is 2.00 bits per heavy atom. The van der Waals surface area contributed by atoms with Crippen molar-refractivity contribution in [2.75, 3.05) is 0 Å². The Balaban J connectivity index is 2.66. The van der Waals surface area contributed by atoms with E-state index in [4.69, 9.17) is 0 Å². The third-order valence-electron chi connectivity index (χ3n) is 2.96. The highest BCUT2D eigenvalue weighted by atomic mass is 16.2. The van der Waals surface area contributed by atoms with Crippen LogP contribution >= 0.6 is 0 Å². The van der Waals surface area contributed by atoms with Crippen LogP contribution in [-0.2, 0) is 7.05 Å². The van der Waals surface area contributed by atoms with Crippen molar-refractivity contribution >= 4 is 11.0 Å². The van der Waals surface area contributed by atoms with Crippen LogP contribution in [0.5, 0.6) is 0 Å². The van der Waals surface area contributed by atoms with Gasteiger partial charge >= 0.3 is 5.69 Å². The monoisotopic (exact) mass is 242 g/mol. The maximum Gasteiger partial charge on any atom is 0.349 e. The van der Waals surface area contributed by atoms with Crippen molar-refractivity contribution in [3.05, 3.63) is 44.6 Å². The van der Waals surface area contributed by atoms with E-state index in [9.17, 15) is 9.59 Å². The van der Waals surface area contributed by atoms with E-state index in [1.54, 1.807) is 11.6 Å². The van der Waals surface area contributed by atoms with Gasteiger partial charge in [-0.15, -0.1) is 0 Å². The van der Waals surface area contributed by atoms with Gasteiger partial charge in [-0.3, -0.25) is 9.78 Å². The molecule has 0 fully saturated rings. The van der Waals surface area contributed by atoms with E-state index >= 15 is 0 Å². The van der Waals surface area contributed by atoms with E-state index in [0.717, 1.165) is 11.1 Å². The Hall–Kier alpha value is -2.50. The molecule has 90 valence electrons. The van der Waals surface area contributed by atoms with Crippen LogP contribution in [0.2, 0.25) is 0 Å². The summed E-state index contributed by atoms with van der Waals surface area (Å²) < 4.78 is 1.73. The fraction of sp³-hybridized carbons (Fsp3) is 0.167. The van der Waals surface area contributed by atoms with E-state index in [2.05, 4.69) is 15.0 Å². The van der Waals surface area contributed by atoms with E-state index in [1.807, 2.05) is 25.1 Å². The summed E-state index contributed by atoms with van der Waals surface area (Å²) in [5.74, 6) is 0.297. The van der Waals surface area contributed by atoms with Gasteiger partial charge in [-0.25, -0.2) is 9.78 Å². The van der Waals surface area contributed by atoms with Crippen LogP contribution < -0.4 is 11.2 Å². The molecule has 18 heavy (non-hydrogen) atoms. The molecular formula is C12H10N4O2. The van der Waals surface area contributed by atoms with Gasteiger partial charge in [0.05, 0.1) is 11.0 Å². The fourth-order valence-electron chi connectivity index (χ4n) is 2.17. The Morgan fingerprint density at radius 3 is 2.78 bits per heavy atom. The molecule has 1 aromatic carbocycles. The molecule has 0 aliphatic carbocycles. The van der Waals surface area contributed by atoms with Gasteiger partial charge in [-0.05, 0) is 18.6 Å². The number of nitrogens with one attached hydrogen (secondary N) is 1. The lowest BCUT2D eigenvalue weighted by Crippen LogP contribution is -2.28. The van der Waals surface area contributed by atoms with Crippen LogP contribution in [0.1, 0.15) is 5.56 Å². The van der Waals surface area contributed by atoms with Crippen molar-refractivity contribution in [2.24, 2.45) is 7.05 Å². The number of benzene rings is 1. The van der Waals surface area contributed by atoms with Crippen LogP contribution in [0.15, 0.2) is 27.8 Å². The van der Waals surface area contributed by atoms with Crippen LogP contribution in [0.4, 0.5) is 0 Å². The van der Waals surface area contributed by atoms with Crippen molar-refractivity contribution in [3.63, 3.8) is 0 Å². The van der Waals surface area contributed by atoms with E-state index < -0.39 is 11.2 Å². The lowest BCUT2D eigenvalue weighted by Gasteiger charge is -2.13.